The number of aromatic nitrogens is 1. The van der Waals surface area contributed by atoms with E-state index >= 15 is 0 Å². The fourth-order valence-electron chi connectivity index (χ4n) is 3.31. The summed E-state index contributed by atoms with van der Waals surface area (Å²) in [6, 6.07) is 20.9. The molecule has 1 fully saturated rings. The molecule has 7 heteroatoms. The van der Waals surface area contributed by atoms with E-state index in [1.807, 2.05) is 18.2 Å². The van der Waals surface area contributed by atoms with Gasteiger partial charge in [-0.2, -0.15) is 0 Å². The highest BCUT2D eigenvalue weighted by atomic mass is 35.5. The highest BCUT2D eigenvalue weighted by Crippen LogP contribution is 2.20. The molecular formula is C22H22ClN5O. The number of rotatable bonds is 4. The molecule has 0 atom stereocenters. The van der Waals surface area contributed by atoms with Crippen LogP contribution in [-0.2, 0) is 0 Å². The Hall–Kier alpha value is -3.25. The predicted molar refractivity (Wildman–Crippen MR) is 119 cm³/mol. The van der Waals surface area contributed by atoms with Crippen molar-refractivity contribution in [2.75, 3.05) is 46.6 Å². The van der Waals surface area contributed by atoms with Crippen molar-refractivity contribution in [3.63, 3.8) is 0 Å². The Labute approximate surface area is 175 Å². The second kappa shape index (κ2) is 8.84. The largest absolute Gasteiger partial charge is 0.368 e. The van der Waals surface area contributed by atoms with Crippen LogP contribution < -0.4 is 20.4 Å². The van der Waals surface area contributed by atoms with E-state index in [-0.39, 0.29) is 6.03 Å². The van der Waals surface area contributed by atoms with Crippen LogP contribution in [0.1, 0.15) is 0 Å². The van der Waals surface area contributed by atoms with Gasteiger partial charge in [0.25, 0.3) is 0 Å². The summed E-state index contributed by atoms with van der Waals surface area (Å²) in [5.74, 6) is 0.918. The van der Waals surface area contributed by atoms with Gasteiger partial charge in [-0.25, -0.2) is 9.78 Å². The number of piperazine rings is 1. The maximum Gasteiger partial charge on any atom is 0.323 e. The van der Waals surface area contributed by atoms with Gasteiger partial charge in [0.05, 0.1) is 11.9 Å². The van der Waals surface area contributed by atoms with Crippen molar-refractivity contribution in [3.8, 4) is 0 Å². The lowest BCUT2D eigenvalue weighted by atomic mass is 10.2. The molecule has 6 nitrogen and oxygen atoms in total. The standard InChI is InChI=1S/C22H22ClN5O/c23-17-6-8-18(9-7-17)25-22(29)26-19-10-11-21(24-16-19)28-14-12-27(13-15-28)20-4-2-1-3-5-20/h1-11,16H,12-15H2,(H2,25,26,29). The summed E-state index contributed by atoms with van der Waals surface area (Å²) in [7, 11) is 0. The lowest BCUT2D eigenvalue weighted by Gasteiger charge is -2.36. The summed E-state index contributed by atoms with van der Waals surface area (Å²) >= 11 is 5.85. The number of para-hydroxylation sites is 1. The number of hydrogen-bond acceptors (Lipinski definition) is 4. The van der Waals surface area contributed by atoms with Crippen LogP contribution in [0.15, 0.2) is 72.9 Å². The molecule has 0 radical (unpaired) electrons. The summed E-state index contributed by atoms with van der Waals surface area (Å²) in [6.07, 6.45) is 1.68. The number of benzene rings is 2. The highest BCUT2D eigenvalue weighted by Gasteiger charge is 2.18. The van der Waals surface area contributed by atoms with E-state index in [1.54, 1.807) is 30.5 Å². The molecule has 29 heavy (non-hydrogen) atoms. The molecule has 0 unspecified atom stereocenters. The van der Waals surface area contributed by atoms with Gasteiger partial charge < -0.3 is 20.4 Å². The van der Waals surface area contributed by atoms with Crippen LogP contribution in [0.25, 0.3) is 0 Å². The van der Waals surface area contributed by atoms with Crippen molar-refractivity contribution < 1.29 is 4.79 Å². The number of carbonyl (C=O) groups is 1. The number of nitrogens with zero attached hydrogens (tertiary/aromatic N) is 3. The Kier molecular flexibility index (Phi) is 5.81. The number of carbonyl (C=O) groups excluding carboxylic acids is 1. The maximum absolute atomic E-state index is 12.1. The number of nitrogens with one attached hydrogen (secondary N) is 2. The predicted octanol–water partition coefficient (Wildman–Crippen LogP) is 4.71. The number of halogens is 1. The zero-order chi connectivity index (χ0) is 20.1. The van der Waals surface area contributed by atoms with E-state index in [2.05, 4.69) is 49.7 Å². The first-order valence-corrected chi connectivity index (χ1v) is 9.90. The molecule has 4 rings (SSSR count). The first kappa shape index (κ1) is 19.1. The molecule has 1 aliphatic rings. The van der Waals surface area contributed by atoms with Gasteiger partial charge in [0.2, 0.25) is 0 Å². The molecule has 1 saturated heterocycles. The molecule has 1 aromatic heterocycles. The van der Waals surface area contributed by atoms with Gasteiger partial charge in [0.1, 0.15) is 5.82 Å². The van der Waals surface area contributed by atoms with Crippen molar-refractivity contribution in [1.29, 1.82) is 0 Å². The van der Waals surface area contributed by atoms with E-state index in [1.165, 1.54) is 5.69 Å². The topological polar surface area (TPSA) is 60.5 Å². The molecule has 2 N–H and O–H groups in total. The van der Waals surface area contributed by atoms with E-state index in [9.17, 15) is 4.79 Å². The van der Waals surface area contributed by atoms with Gasteiger partial charge in [-0.3, -0.25) is 0 Å². The van der Waals surface area contributed by atoms with Crippen molar-refractivity contribution in [2.45, 2.75) is 0 Å². The molecule has 0 spiro atoms. The third kappa shape index (κ3) is 4.97. The van der Waals surface area contributed by atoms with E-state index < -0.39 is 0 Å². The van der Waals surface area contributed by atoms with Crippen molar-refractivity contribution in [2.24, 2.45) is 0 Å². The molecule has 2 aromatic carbocycles. The van der Waals surface area contributed by atoms with Crippen molar-refractivity contribution in [1.82, 2.24) is 4.98 Å². The van der Waals surface area contributed by atoms with E-state index in [0.717, 1.165) is 32.0 Å². The maximum atomic E-state index is 12.1. The Morgan fingerprint density at radius 3 is 2.07 bits per heavy atom. The van der Waals surface area contributed by atoms with Crippen LogP contribution in [0.2, 0.25) is 5.02 Å². The number of pyridine rings is 1. The third-order valence-electron chi connectivity index (χ3n) is 4.83. The third-order valence-corrected chi connectivity index (χ3v) is 5.08. The molecule has 2 amide bonds. The number of urea groups is 1. The van der Waals surface area contributed by atoms with Crippen LogP contribution in [0.5, 0.6) is 0 Å². The monoisotopic (exact) mass is 407 g/mol. The Balaban J connectivity index is 1.30. The fraction of sp³-hybridized carbons (Fsp3) is 0.182. The van der Waals surface area contributed by atoms with Gasteiger partial charge in [-0.05, 0) is 48.5 Å². The second-order valence-corrected chi connectivity index (χ2v) is 7.24. The van der Waals surface area contributed by atoms with Crippen LogP contribution in [0.4, 0.5) is 27.7 Å². The molecule has 2 heterocycles. The second-order valence-electron chi connectivity index (χ2n) is 6.80. The van der Waals surface area contributed by atoms with Crippen LogP contribution in [0.3, 0.4) is 0 Å². The number of amides is 2. The van der Waals surface area contributed by atoms with Gasteiger partial charge in [-0.15, -0.1) is 0 Å². The Morgan fingerprint density at radius 1 is 0.793 bits per heavy atom. The molecule has 0 aliphatic carbocycles. The highest BCUT2D eigenvalue weighted by molar-refractivity contribution is 6.30. The lowest BCUT2D eigenvalue weighted by molar-refractivity contribution is 0.262. The first-order valence-electron chi connectivity index (χ1n) is 9.52. The summed E-state index contributed by atoms with van der Waals surface area (Å²) in [4.78, 5) is 21.3. The summed E-state index contributed by atoms with van der Waals surface area (Å²) in [5.41, 5.74) is 2.57. The molecule has 0 bridgehead atoms. The van der Waals surface area contributed by atoms with Gasteiger partial charge in [0, 0.05) is 42.6 Å². The average molecular weight is 408 g/mol. The summed E-state index contributed by atoms with van der Waals surface area (Å²) in [6.45, 7) is 3.72. The minimum atomic E-state index is -0.321. The van der Waals surface area contributed by atoms with Crippen LogP contribution in [-0.4, -0.2) is 37.2 Å². The smallest absolute Gasteiger partial charge is 0.323 e. The Bertz CT molecular complexity index is 939. The van der Waals surface area contributed by atoms with Gasteiger partial charge in [-0.1, -0.05) is 29.8 Å². The number of anilines is 4. The molecule has 0 saturated carbocycles. The quantitative estimate of drug-likeness (QED) is 0.657. The fourth-order valence-corrected chi connectivity index (χ4v) is 3.43. The van der Waals surface area contributed by atoms with Crippen molar-refractivity contribution in [3.05, 3.63) is 77.9 Å². The normalized spacial score (nSPS) is 13.8. The van der Waals surface area contributed by atoms with E-state index in [0.29, 0.717) is 16.4 Å². The van der Waals surface area contributed by atoms with E-state index in [4.69, 9.17) is 11.6 Å². The van der Waals surface area contributed by atoms with Crippen LogP contribution >= 0.6 is 11.6 Å². The average Bonchev–Trinajstić information content (AvgIpc) is 2.77. The van der Waals surface area contributed by atoms with Gasteiger partial charge in [0.15, 0.2) is 0 Å². The zero-order valence-electron chi connectivity index (χ0n) is 15.9. The van der Waals surface area contributed by atoms with Gasteiger partial charge >= 0.3 is 6.03 Å². The zero-order valence-corrected chi connectivity index (χ0v) is 16.6. The van der Waals surface area contributed by atoms with Crippen molar-refractivity contribution >= 4 is 40.5 Å². The van der Waals surface area contributed by atoms with Crippen LogP contribution in [0, 0.1) is 0 Å². The Morgan fingerprint density at radius 2 is 1.41 bits per heavy atom. The molecule has 3 aromatic rings. The SMILES string of the molecule is O=C(Nc1ccc(Cl)cc1)Nc1ccc(N2CCN(c3ccccc3)CC2)nc1. The molecule has 1 aliphatic heterocycles. The lowest BCUT2D eigenvalue weighted by Crippen LogP contribution is -2.46. The number of hydrogen-bond donors (Lipinski definition) is 2. The summed E-state index contributed by atoms with van der Waals surface area (Å²) in [5, 5.41) is 6.18. The first-order chi connectivity index (χ1) is 14.2. The minimum absolute atomic E-state index is 0.321. The molecular weight excluding hydrogens is 386 g/mol. The molecule has 148 valence electrons. The minimum Gasteiger partial charge on any atom is -0.368 e. The summed E-state index contributed by atoms with van der Waals surface area (Å²) < 4.78 is 0.